The highest BCUT2D eigenvalue weighted by Gasteiger charge is 2.54. The summed E-state index contributed by atoms with van der Waals surface area (Å²) in [6.07, 6.45) is -0.556. The van der Waals surface area contributed by atoms with Crippen molar-refractivity contribution in [3.8, 4) is 5.88 Å². The van der Waals surface area contributed by atoms with Crippen molar-refractivity contribution in [3.63, 3.8) is 0 Å². The molecule has 1 spiro atoms. The van der Waals surface area contributed by atoms with Crippen LogP contribution in [0.15, 0.2) is 42.6 Å². The van der Waals surface area contributed by atoms with E-state index in [2.05, 4.69) is 4.98 Å². The van der Waals surface area contributed by atoms with Crippen LogP contribution >= 0.6 is 0 Å². The Labute approximate surface area is 215 Å². The number of carbonyl (C=O) groups excluding carboxylic acids is 1. The molecule has 1 amide bonds. The van der Waals surface area contributed by atoms with Crippen molar-refractivity contribution in [2.24, 2.45) is 0 Å². The molecule has 6 nitrogen and oxygen atoms in total. The van der Waals surface area contributed by atoms with Gasteiger partial charge < -0.3 is 14.2 Å². The number of pyridine rings is 1. The number of nitrogens with zero attached hydrogens (tertiary/aromatic N) is 2. The van der Waals surface area contributed by atoms with Crippen molar-refractivity contribution in [3.05, 3.63) is 59.3 Å². The maximum absolute atomic E-state index is 13.6. The number of likely N-dealkylation sites (tertiary alicyclic amines) is 1. The van der Waals surface area contributed by atoms with E-state index in [9.17, 15) is 18.0 Å². The second kappa shape index (κ2) is 9.49. The van der Waals surface area contributed by atoms with Gasteiger partial charge >= 0.3 is 12.3 Å². The van der Waals surface area contributed by atoms with Gasteiger partial charge in [0, 0.05) is 24.2 Å². The van der Waals surface area contributed by atoms with E-state index in [0.29, 0.717) is 31.4 Å². The van der Waals surface area contributed by atoms with Crippen LogP contribution in [0.5, 0.6) is 5.88 Å². The summed E-state index contributed by atoms with van der Waals surface area (Å²) in [6.45, 7) is 6.20. The molecule has 1 aromatic carbocycles. The van der Waals surface area contributed by atoms with Crippen LogP contribution in [0.2, 0.25) is 0 Å². The molecule has 0 N–H and O–H groups in total. The molecule has 1 aromatic heterocycles. The van der Waals surface area contributed by atoms with Crippen LogP contribution in [0, 0.1) is 0 Å². The van der Waals surface area contributed by atoms with Gasteiger partial charge in [-0.1, -0.05) is 30.3 Å². The number of amides is 1. The van der Waals surface area contributed by atoms with E-state index in [1.807, 2.05) is 51.1 Å². The first kappa shape index (κ1) is 25.8. The number of ether oxygens (including phenoxy) is 3. The van der Waals surface area contributed by atoms with Gasteiger partial charge in [-0.05, 0) is 64.5 Å². The van der Waals surface area contributed by atoms with Crippen LogP contribution in [0.3, 0.4) is 0 Å². The van der Waals surface area contributed by atoms with Crippen molar-refractivity contribution in [1.82, 2.24) is 9.88 Å². The molecule has 200 valence electrons. The largest absolute Gasteiger partial charge is 0.474 e. The van der Waals surface area contributed by atoms with Gasteiger partial charge in [0.25, 0.3) is 0 Å². The first-order valence-electron chi connectivity index (χ1n) is 12.9. The van der Waals surface area contributed by atoms with Gasteiger partial charge in [-0.25, -0.2) is 9.78 Å². The van der Waals surface area contributed by atoms with Crippen molar-refractivity contribution < 1.29 is 32.2 Å². The molecule has 3 atom stereocenters. The number of halogens is 3. The van der Waals surface area contributed by atoms with E-state index in [4.69, 9.17) is 14.2 Å². The fourth-order valence-electron chi connectivity index (χ4n) is 5.46. The number of alkyl halides is 3. The van der Waals surface area contributed by atoms with E-state index in [0.717, 1.165) is 30.7 Å². The monoisotopic (exact) mass is 518 g/mol. The van der Waals surface area contributed by atoms with Crippen molar-refractivity contribution in [1.29, 1.82) is 0 Å². The van der Waals surface area contributed by atoms with Crippen molar-refractivity contribution in [2.45, 2.75) is 88.3 Å². The van der Waals surface area contributed by atoms with Crippen LogP contribution in [0.1, 0.15) is 81.5 Å². The van der Waals surface area contributed by atoms with Crippen LogP contribution < -0.4 is 4.74 Å². The number of carbonyl (C=O) groups is 1. The smallest absolute Gasteiger partial charge is 0.417 e. The average Bonchev–Trinajstić information content (AvgIpc) is 3.56. The molecule has 37 heavy (non-hydrogen) atoms. The van der Waals surface area contributed by atoms with Gasteiger partial charge in [-0.15, -0.1) is 0 Å². The molecule has 0 unspecified atom stereocenters. The fraction of sp³-hybridized carbons (Fsp3) is 0.571. The summed E-state index contributed by atoms with van der Waals surface area (Å²) >= 11 is 0. The summed E-state index contributed by atoms with van der Waals surface area (Å²) < 4.78 is 59.0. The predicted octanol–water partition coefficient (Wildman–Crippen LogP) is 6.66. The molecule has 2 aromatic rings. The molecule has 3 heterocycles. The molecule has 2 saturated heterocycles. The lowest BCUT2D eigenvalue weighted by Gasteiger charge is -2.47. The van der Waals surface area contributed by atoms with E-state index >= 15 is 0 Å². The number of hydrogen-bond acceptors (Lipinski definition) is 5. The molecule has 2 aliphatic heterocycles. The Morgan fingerprint density at radius 1 is 1.16 bits per heavy atom. The molecule has 3 aliphatic rings. The fourth-order valence-corrected chi connectivity index (χ4v) is 5.46. The minimum Gasteiger partial charge on any atom is -0.474 e. The predicted molar refractivity (Wildman–Crippen MR) is 130 cm³/mol. The normalized spacial score (nSPS) is 26.4. The van der Waals surface area contributed by atoms with E-state index in [1.54, 1.807) is 4.90 Å². The molecule has 9 heteroatoms. The van der Waals surface area contributed by atoms with E-state index in [-0.39, 0.29) is 24.5 Å². The number of rotatable bonds is 4. The number of hydrogen-bond donors (Lipinski definition) is 0. The van der Waals surface area contributed by atoms with Crippen molar-refractivity contribution in [2.75, 3.05) is 13.2 Å². The minimum absolute atomic E-state index is 0.00586. The zero-order valence-electron chi connectivity index (χ0n) is 21.4. The standard InChI is InChI=1S/C28H33F3N2O4/c1-26(2,3)37-25(34)33-13-7-12-27(23(33)18-8-5-4-6-9-18)15-19(17-35-27)22-14-20(28(29,30)31)16-32-24(22)36-21-10-11-21/h4-6,8-9,14,16,19,21,23H,7,10-13,15,17H2,1-3H3/t19-,23-,27+/m0/s1. The number of piperidine rings is 1. The number of benzene rings is 1. The summed E-state index contributed by atoms with van der Waals surface area (Å²) in [5, 5.41) is 0. The van der Waals surface area contributed by atoms with Crippen LogP contribution in [0.25, 0.3) is 0 Å². The first-order chi connectivity index (χ1) is 17.5. The Kier molecular flexibility index (Phi) is 6.63. The van der Waals surface area contributed by atoms with Gasteiger partial charge in [0.2, 0.25) is 5.88 Å². The maximum Gasteiger partial charge on any atom is 0.417 e. The second-order valence-corrected chi connectivity index (χ2v) is 11.3. The SMILES string of the molecule is CC(C)(C)OC(=O)N1CCC[C@@]2(C[C@H](c3cc(C(F)(F)F)cnc3OC3CC3)CO2)[C@@H]1c1ccccc1. The Hall–Kier alpha value is -2.81. The van der Waals surface area contributed by atoms with Gasteiger partial charge in [0.05, 0.1) is 23.8 Å². The summed E-state index contributed by atoms with van der Waals surface area (Å²) in [5.74, 6) is -0.106. The summed E-state index contributed by atoms with van der Waals surface area (Å²) in [5.41, 5.74) is -0.914. The minimum atomic E-state index is -4.51. The molecular formula is C28H33F3N2O4. The van der Waals surface area contributed by atoms with Gasteiger partial charge in [-0.3, -0.25) is 4.90 Å². The van der Waals surface area contributed by atoms with Crippen LogP contribution in [-0.4, -0.2) is 46.4 Å². The highest BCUT2D eigenvalue weighted by atomic mass is 19.4. The lowest BCUT2D eigenvalue weighted by atomic mass is 9.76. The lowest BCUT2D eigenvalue weighted by Crippen LogP contribution is -2.53. The van der Waals surface area contributed by atoms with Crippen LogP contribution in [-0.2, 0) is 15.7 Å². The summed E-state index contributed by atoms with van der Waals surface area (Å²) in [6, 6.07) is 10.4. The van der Waals surface area contributed by atoms with E-state index in [1.165, 1.54) is 0 Å². The third-order valence-corrected chi connectivity index (χ3v) is 7.16. The molecule has 1 saturated carbocycles. The molecule has 1 aliphatic carbocycles. The zero-order chi connectivity index (χ0) is 26.4. The Morgan fingerprint density at radius 2 is 1.89 bits per heavy atom. The third-order valence-electron chi connectivity index (χ3n) is 7.16. The Balaban J connectivity index is 1.50. The molecule has 0 bridgehead atoms. The number of aromatic nitrogens is 1. The van der Waals surface area contributed by atoms with Gasteiger partial charge in [-0.2, -0.15) is 13.2 Å². The summed E-state index contributed by atoms with van der Waals surface area (Å²) in [7, 11) is 0. The second-order valence-electron chi connectivity index (χ2n) is 11.3. The van der Waals surface area contributed by atoms with E-state index < -0.39 is 35.1 Å². The average molecular weight is 519 g/mol. The highest BCUT2D eigenvalue weighted by Crippen LogP contribution is 2.53. The van der Waals surface area contributed by atoms with Crippen LogP contribution in [0.4, 0.5) is 18.0 Å². The summed E-state index contributed by atoms with van der Waals surface area (Å²) in [4.78, 5) is 19.1. The maximum atomic E-state index is 13.6. The molecule has 0 radical (unpaired) electrons. The Morgan fingerprint density at radius 3 is 2.54 bits per heavy atom. The molecule has 3 fully saturated rings. The quantitative estimate of drug-likeness (QED) is 0.453. The third kappa shape index (κ3) is 5.56. The molecular weight excluding hydrogens is 485 g/mol. The lowest BCUT2D eigenvalue weighted by molar-refractivity contribution is -0.137. The highest BCUT2D eigenvalue weighted by molar-refractivity contribution is 5.69. The topological polar surface area (TPSA) is 60.9 Å². The van der Waals surface area contributed by atoms with Gasteiger partial charge in [0.15, 0.2) is 0 Å². The zero-order valence-corrected chi connectivity index (χ0v) is 21.4. The Bertz CT molecular complexity index is 1130. The first-order valence-corrected chi connectivity index (χ1v) is 12.9. The molecule has 5 rings (SSSR count). The van der Waals surface area contributed by atoms with Crippen molar-refractivity contribution >= 4 is 6.09 Å². The van der Waals surface area contributed by atoms with Gasteiger partial charge in [0.1, 0.15) is 11.7 Å².